The maximum atomic E-state index is 10.0. The van der Waals surface area contributed by atoms with E-state index in [2.05, 4.69) is 40.1 Å². The second kappa shape index (κ2) is 12.1. The van der Waals surface area contributed by atoms with Gasteiger partial charge in [0.05, 0.1) is 0 Å². The minimum absolute atomic E-state index is 0.247. The fourth-order valence-corrected chi connectivity index (χ4v) is 5.69. The Morgan fingerprint density at radius 3 is 2.15 bits per heavy atom. The van der Waals surface area contributed by atoms with E-state index >= 15 is 0 Å². The number of fused-ring (bicyclic) bond motifs is 1. The van der Waals surface area contributed by atoms with Gasteiger partial charge in [0.2, 0.25) is 0 Å². The Morgan fingerprint density at radius 2 is 1.41 bits per heavy atom. The molecule has 0 saturated carbocycles. The number of hydrogen-bond donors (Lipinski definition) is 2. The molecule has 5 aromatic rings. The van der Waals surface area contributed by atoms with E-state index < -0.39 is 0 Å². The van der Waals surface area contributed by atoms with Crippen LogP contribution in [-0.4, -0.2) is 54.4 Å². The molecule has 0 atom stereocenters. The third-order valence-corrected chi connectivity index (χ3v) is 8.09. The van der Waals surface area contributed by atoms with Crippen LogP contribution in [0, 0.1) is 0 Å². The van der Waals surface area contributed by atoms with E-state index in [-0.39, 0.29) is 11.5 Å². The van der Waals surface area contributed by atoms with Gasteiger partial charge in [-0.2, -0.15) is 0 Å². The summed E-state index contributed by atoms with van der Waals surface area (Å²) in [6, 6.07) is 33.4. The summed E-state index contributed by atoms with van der Waals surface area (Å²) in [7, 11) is 0. The number of phenolic OH excluding ortho intramolecular Hbond substituents is 2. The summed E-state index contributed by atoms with van der Waals surface area (Å²) in [6.07, 6.45) is 0.733. The van der Waals surface area contributed by atoms with E-state index in [1.165, 1.54) is 16.8 Å². The van der Waals surface area contributed by atoms with Gasteiger partial charge in [0.1, 0.15) is 23.9 Å². The predicted octanol–water partition coefficient (Wildman–Crippen LogP) is 7.36. The summed E-state index contributed by atoms with van der Waals surface area (Å²) in [5.74, 6) is 1.37. The van der Waals surface area contributed by atoms with Gasteiger partial charge in [-0.15, -0.1) is 0 Å². The van der Waals surface area contributed by atoms with Crippen LogP contribution in [0.5, 0.6) is 17.2 Å². The highest BCUT2D eigenvalue weighted by atomic mass is 35.5. The van der Waals surface area contributed by atoms with E-state index in [0.717, 1.165) is 71.8 Å². The molecule has 1 saturated heterocycles. The standard InChI is InChI=1S/C35H33ClN2O3/c36-28-6-8-29(9-7-28)38-19-17-37(18-20-38)21-22-41-32-13-1-25(2-14-32)23-35-33(26-3-10-30(39)11-4-26)15-5-27-24-31(40)12-16-34(27)35/h1-16,24,39-40H,17-23H2. The molecule has 5 aromatic carbocycles. The smallest absolute Gasteiger partial charge is 0.119 e. The normalized spacial score (nSPS) is 13.9. The third kappa shape index (κ3) is 6.43. The third-order valence-electron chi connectivity index (χ3n) is 7.84. The Balaban J connectivity index is 1.08. The lowest BCUT2D eigenvalue weighted by Gasteiger charge is -2.36. The zero-order valence-electron chi connectivity index (χ0n) is 22.8. The lowest BCUT2D eigenvalue weighted by molar-refractivity contribution is 0.200. The number of rotatable bonds is 8. The van der Waals surface area contributed by atoms with Crippen LogP contribution in [0.1, 0.15) is 11.1 Å². The maximum absolute atomic E-state index is 10.0. The Bertz CT molecular complexity index is 1610. The fourth-order valence-electron chi connectivity index (χ4n) is 5.57. The maximum Gasteiger partial charge on any atom is 0.119 e. The molecule has 2 N–H and O–H groups in total. The summed E-state index contributed by atoms with van der Waals surface area (Å²) in [4.78, 5) is 4.85. The van der Waals surface area contributed by atoms with Crippen LogP contribution >= 0.6 is 11.6 Å². The number of benzene rings is 5. The molecule has 6 rings (SSSR count). The number of halogens is 1. The van der Waals surface area contributed by atoms with Gasteiger partial charge >= 0.3 is 0 Å². The van der Waals surface area contributed by atoms with Gasteiger partial charge in [-0.25, -0.2) is 0 Å². The van der Waals surface area contributed by atoms with E-state index in [9.17, 15) is 10.2 Å². The van der Waals surface area contributed by atoms with Crippen molar-refractivity contribution in [1.29, 1.82) is 0 Å². The van der Waals surface area contributed by atoms with Crippen LogP contribution < -0.4 is 9.64 Å². The van der Waals surface area contributed by atoms with Crippen LogP contribution in [0.4, 0.5) is 5.69 Å². The number of nitrogens with zero attached hydrogens (tertiary/aromatic N) is 2. The lowest BCUT2D eigenvalue weighted by Crippen LogP contribution is -2.47. The average Bonchev–Trinajstić information content (AvgIpc) is 2.99. The average molecular weight is 565 g/mol. The van der Waals surface area contributed by atoms with Crippen molar-refractivity contribution in [3.05, 3.63) is 119 Å². The molecule has 0 amide bonds. The van der Waals surface area contributed by atoms with Gasteiger partial charge in [-0.3, -0.25) is 4.90 Å². The van der Waals surface area contributed by atoms with Crippen LogP contribution in [-0.2, 0) is 6.42 Å². The van der Waals surface area contributed by atoms with E-state index in [0.29, 0.717) is 6.61 Å². The SMILES string of the molecule is Oc1ccc(-c2ccc3cc(O)ccc3c2Cc2ccc(OCCN3CCN(c4ccc(Cl)cc4)CC3)cc2)cc1. The number of piperazine rings is 1. The molecule has 1 fully saturated rings. The Kier molecular flexibility index (Phi) is 7.99. The highest BCUT2D eigenvalue weighted by molar-refractivity contribution is 6.30. The van der Waals surface area contributed by atoms with Crippen molar-refractivity contribution in [3.63, 3.8) is 0 Å². The quantitative estimate of drug-likeness (QED) is 0.206. The van der Waals surface area contributed by atoms with E-state index in [1.807, 2.05) is 48.5 Å². The molecule has 0 spiro atoms. The number of ether oxygens (including phenoxy) is 1. The van der Waals surface area contributed by atoms with Crippen molar-refractivity contribution in [1.82, 2.24) is 4.90 Å². The van der Waals surface area contributed by atoms with Crippen LogP contribution in [0.3, 0.4) is 0 Å². The summed E-state index contributed by atoms with van der Waals surface area (Å²) < 4.78 is 6.10. The largest absolute Gasteiger partial charge is 0.508 e. The molecule has 6 heteroatoms. The summed E-state index contributed by atoms with van der Waals surface area (Å²) in [5, 5.41) is 22.7. The second-order valence-electron chi connectivity index (χ2n) is 10.5. The van der Waals surface area contributed by atoms with E-state index in [1.54, 1.807) is 24.3 Å². The zero-order valence-corrected chi connectivity index (χ0v) is 23.6. The monoisotopic (exact) mass is 564 g/mol. The first-order valence-electron chi connectivity index (χ1n) is 14.0. The molecule has 0 aliphatic carbocycles. The minimum Gasteiger partial charge on any atom is -0.508 e. The highest BCUT2D eigenvalue weighted by Gasteiger charge is 2.17. The van der Waals surface area contributed by atoms with Crippen molar-refractivity contribution >= 4 is 28.1 Å². The second-order valence-corrected chi connectivity index (χ2v) is 11.0. The van der Waals surface area contributed by atoms with Crippen LogP contribution in [0.25, 0.3) is 21.9 Å². The van der Waals surface area contributed by atoms with Crippen molar-refractivity contribution in [3.8, 4) is 28.4 Å². The van der Waals surface area contributed by atoms with Gasteiger partial charge in [-0.05, 0) is 100 Å². The molecule has 0 aromatic heterocycles. The van der Waals surface area contributed by atoms with Crippen molar-refractivity contribution in [2.75, 3.05) is 44.2 Å². The molecule has 1 heterocycles. The number of phenols is 2. The van der Waals surface area contributed by atoms with E-state index in [4.69, 9.17) is 16.3 Å². The summed E-state index contributed by atoms with van der Waals surface area (Å²) >= 11 is 6.03. The molecule has 1 aliphatic heterocycles. The van der Waals surface area contributed by atoms with Crippen molar-refractivity contribution < 1.29 is 14.9 Å². The molecule has 0 unspecified atom stereocenters. The Labute approximate surface area is 245 Å². The molecule has 1 aliphatic rings. The molecule has 5 nitrogen and oxygen atoms in total. The Morgan fingerprint density at radius 1 is 0.707 bits per heavy atom. The first-order valence-corrected chi connectivity index (χ1v) is 14.4. The Hall–Kier alpha value is -4.19. The minimum atomic E-state index is 0.247. The van der Waals surface area contributed by atoms with Crippen LogP contribution in [0.2, 0.25) is 5.02 Å². The molecule has 0 bridgehead atoms. The van der Waals surface area contributed by atoms with Gasteiger partial charge in [0.15, 0.2) is 0 Å². The fraction of sp³-hybridized carbons (Fsp3) is 0.200. The summed E-state index contributed by atoms with van der Waals surface area (Å²) in [5.41, 5.74) is 5.74. The molecular weight excluding hydrogens is 532 g/mol. The molecule has 41 heavy (non-hydrogen) atoms. The van der Waals surface area contributed by atoms with Crippen LogP contribution in [0.15, 0.2) is 103 Å². The highest BCUT2D eigenvalue weighted by Crippen LogP contribution is 2.34. The molecule has 0 radical (unpaired) electrons. The molecular formula is C35H33ClN2O3. The van der Waals surface area contributed by atoms with Gasteiger partial charge in [0, 0.05) is 43.4 Å². The number of anilines is 1. The van der Waals surface area contributed by atoms with Crippen molar-refractivity contribution in [2.24, 2.45) is 0 Å². The lowest BCUT2D eigenvalue weighted by atomic mass is 9.90. The first-order chi connectivity index (χ1) is 20.0. The number of hydrogen-bond acceptors (Lipinski definition) is 5. The van der Waals surface area contributed by atoms with Gasteiger partial charge in [-0.1, -0.05) is 54.1 Å². The van der Waals surface area contributed by atoms with Gasteiger partial charge < -0.3 is 19.8 Å². The van der Waals surface area contributed by atoms with Crippen molar-refractivity contribution in [2.45, 2.75) is 6.42 Å². The first kappa shape index (κ1) is 27.0. The predicted molar refractivity (Wildman–Crippen MR) is 168 cm³/mol. The van der Waals surface area contributed by atoms with Gasteiger partial charge in [0.25, 0.3) is 0 Å². The topological polar surface area (TPSA) is 56.2 Å². The molecule has 208 valence electrons. The summed E-state index contributed by atoms with van der Waals surface area (Å²) in [6.45, 7) is 5.56. The number of aromatic hydroxyl groups is 2. The zero-order chi connectivity index (χ0) is 28.2.